The molecule has 24 heavy (non-hydrogen) atoms. The van der Waals surface area contributed by atoms with Gasteiger partial charge in [-0.3, -0.25) is 14.4 Å². The van der Waals surface area contributed by atoms with E-state index in [9.17, 15) is 27.6 Å². The highest BCUT2D eigenvalue weighted by Gasteiger charge is 2.67. The Morgan fingerprint density at radius 3 is 1.88 bits per heavy atom. The van der Waals surface area contributed by atoms with Crippen LogP contribution in [0.4, 0.5) is 13.2 Å². The first kappa shape index (κ1) is 19.5. The molecule has 0 aliphatic carbocycles. The van der Waals surface area contributed by atoms with E-state index in [-0.39, 0.29) is 5.75 Å². The van der Waals surface area contributed by atoms with E-state index >= 15 is 0 Å². The minimum atomic E-state index is -5.31. The molecular weight excluding hydrogens is 333 g/mol. The Balaban J connectivity index is 2.99. The van der Waals surface area contributed by atoms with Crippen LogP contribution in [0.2, 0.25) is 0 Å². The van der Waals surface area contributed by atoms with E-state index in [0.29, 0.717) is 14.2 Å². The van der Waals surface area contributed by atoms with Gasteiger partial charge in [0.25, 0.3) is 5.41 Å². The number of rotatable bonds is 6. The molecule has 0 N–H and O–H groups in total. The van der Waals surface area contributed by atoms with E-state index in [1.807, 2.05) is 0 Å². The second kappa shape index (κ2) is 7.80. The van der Waals surface area contributed by atoms with Gasteiger partial charge in [0.2, 0.25) is 0 Å². The molecule has 0 saturated carbocycles. The first-order chi connectivity index (χ1) is 11.2. The molecule has 0 radical (unpaired) electrons. The van der Waals surface area contributed by atoms with Gasteiger partial charge < -0.3 is 14.2 Å². The number of halogens is 3. The number of carbonyl (C=O) groups is 3. The van der Waals surface area contributed by atoms with E-state index in [1.165, 1.54) is 12.1 Å². The standard InChI is InChI=1S/C15H15F3O6/c1-22-12(20)14(13(21)23-2,15(16,17)18)9-8-11(19)24-10-6-4-3-5-7-10/h3-7H,8-9H2,1-2H3. The van der Waals surface area contributed by atoms with Crippen molar-refractivity contribution in [1.29, 1.82) is 0 Å². The predicted octanol–water partition coefficient (Wildman–Crippen LogP) is 2.27. The van der Waals surface area contributed by atoms with E-state index in [2.05, 4.69) is 9.47 Å². The van der Waals surface area contributed by atoms with Gasteiger partial charge >= 0.3 is 24.1 Å². The molecule has 1 aromatic carbocycles. The van der Waals surface area contributed by atoms with Crippen LogP contribution in [-0.4, -0.2) is 38.3 Å². The minimum Gasteiger partial charge on any atom is -0.468 e. The number of hydrogen-bond donors (Lipinski definition) is 0. The molecule has 1 rings (SSSR count). The summed E-state index contributed by atoms with van der Waals surface area (Å²) in [5, 5.41) is 0. The molecule has 9 heteroatoms. The lowest BCUT2D eigenvalue weighted by molar-refractivity contribution is -0.240. The molecule has 0 amide bonds. The maximum atomic E-state index is 13.4. The largest absolute Gasteiger partial charge is 0.468 e. The fraction of sp³-hybridized carbons (Fsp3) is 0.400. The van der Waals surface area contributed by atoms with Gasteiger partial charge in [0.1, 0.15) is 5.75 Å². The number of methoxy groups -OCH3 is 2. The topological polar surface area (TPSA) is 78.9 Å². The molecule has 0 aliphatic heterocycles. The summed E-state index contributed by atoms with van der Waals surface area (Å²) in [5.74, 6) is -4.62. The highest BCUT2D eigenvalue weighted by Crippen LogP contribution is 2.44. The van der Waals surface area contributed by atoms with Crippen LogP contribution in [0.15, 0.2) is 30.3 Å². The Kier molecular flexibility index (Phi) is 6.33. The van der Waals surface area contributed by atoms with Gasteiger partial charge in [-0.25, -0.2) is 0 Å². The highest BCUT2D eigenvalue weighted by atomic mass is 19.4. The van der Waals surface area contributed by atoms with Crippen LogP contribution in [0, 0.1) is 5.41 Å². The highest BCUT2D eigenvalue weighted by molar-refractivity contribution is 6.01. The maximum absolute atomic E-state index is 13.4. The van der Waals surface area contributed by atoms with Crippen molar-refractivity contribution in [3.63, 3.8) is 0 Å². The SMILES string of the molecule is COC(=O)C(CCC(=O)Oc1ccccc1)(C(=O)OC)C(F)(F)F. The molecule has 0 aromatic heterocycles. The van der Waals surface area contributed by atoms with Crippen molar-refractivity contribution in [3.05, 3.63) is 30.3 Å². The normalized spacial score (nSPS) is 11.5. The molecule has 0 unspecified atom stereocenters. The third-order valence-electron chi connectivity index (χ3n) is 3.23. The predicted molar refractivity (Wildman–Crippen MR) is 73.8 cm³/mol. The maximum Gasteiger partial charge on any atom is 0.415 e. The van der Waals surface area contributed by atoms with Gasteiger partial charge in [0.05, 0.1) is 14.2 Å². The van der Waals surface area contributed by atoms with Crippen molar-refractivity contribution < 1.29 is 41.8 Å². The van der Waals surface area contributed by atoms with Crippen molar-refractivity contribution in [2.24, 2.45) is 5.41 Å². The molecular formula is C15H15F3O6. The molecule has 0 heterocycles. The Labute approximate surface area is 135 Å². The Bertz CT molecular complexity index is 581. The van der Waals surface area contributed by atoms with E-state index < -0.39 is 42.3 Å². The van der Waals surface area contributed by atoms with Crippen LogP contribution in [0.5, 0.6) is 5.75 Å². The summed E-state index contributed by atoms with van der Waals surface area (Å²) >= 11 is 0. The Hall–Kier alpha value is -2.58. The van der Waals surface area contributed by atoms with Gasteiger partial charge in [-0.1, -0.05) is 18.2 Å². The molecule has 0 atom stereocenters. The van der Waals surface area contributed by atoms with Crippen LogP contribution in [0.25, 0.3) is 0 Å². The zero-order valence-electron chi connectivity index (χ0n) is 12.9. The first-order valence-electron chi connectivity index (χ1n) is 6.68. The van der Waals surface area contributed by atoms with E-state index in [0.717, 1.165) is 0 Å². The minimum absolute atomic E-state index is 0.122. The molecule has 0 aliphatic rings. The van der Waals surface area contributed by atoms with Crippen molar-refractivity contribution in [2.45, 2.75) is 19.0 Å². The van der Waals surface area contributed by atoms with E-state index in [1.54, 1.807) is 18.2 Å². The summed E-state index contributed by atoms with van der Waals surface area (Å²) < 4.78 is 53.2. The van der Waals surface area contributed by atoms with Gasteiger partial charge in [0.15, 0.2) is 0 Å². The smallest absolute Gasteiger partial charge is 0.415 e. The summed E-state index contributed by atoms with van der Waals surface area (Å²) in [6, 6.07) is 7.63. The molecule has 0 spiro atoms. The zero-order valence-corrected chi connectivity index (χ0v) is 12.9. The summed E-state index contributed by atoms with van der Waals surface area (Å²) in [4.78, 5) is 35.0. The van der Waals surface area contributed by atoms with Crippen LogP contribution in [0.3, 0.4) is 0 Å². The number of alkyl halides is 3. The third-order valence-corrected chi connectivity index (χ3v) is 3.23. The van der Waals surface area contributed by atoms with Crippen LogP contribution < -0.4 is 4.74 Å². The third kappa shape index (κ3) is 4.03. The molecule has 0 saturated heterocycles. The number of para-hydroxylation sites is 1. The molecule has 0 fully saturated rings. The molecule has 132 valence electrons. The second-order valence-corrected chi connectivity index (χ2v) is 4.67. The van der Waals surface area contributed by atoms with Gasteiger partial charge in [-0.2, -0.15) is 13.2 Å². The summed E-state index contributed by atoms with van der Waals surface area (Å²) in [5.41, 5.74) is -3.59. The molecule has 6 nitrogen and oxygen atoms in total. The summed E-state index contributed by atoms with van der Waals surface area (Å²) in [6.45, 7) is 0. The number of esters is 3. The number of hydrogen-bond acceptors (Lipinski definition) is 6. The molecule has 1 aromatic rings. The van der Waals surface area contributed by atoms with Crippen LogP contribution in [-0.2, 0) is 23.9 Å². The Morgan fingerprint density at radius 1 is 0.958 bits per heavy atom. The Morgan fingerprint density at radius 2 is 1.46 bits per heavy atom. The number of carbonyl (C=O) groups excluding carboxylic acids is 3. The lowest BCUT2D eigenvalue weighted by Crippen LogP contribution is -2.52. The average molecular weight is 348 g/mol. The van der Waals surface area contributed by atoms with Gasteiger partial charge in [0, 0.05) is 6.42 Å². The summed E-state index contributed by atoms with van der Waals surface area (Å²) in [6.07, 6.45) is -7.35. The lowest BCUT2D eigenvalue weighted by atomic mass is 9.82. The fourth-order valence-corrected chi connectivity index (χ4v) is 1.97. The van der Waals surface area contributed by atoms with Crippen LogP contribution >= 0.6 is 0 Å². The van der Waals surface area contributed by atoms with Crippen molar-refractivity contribution in [2.75, 3.05) is 14.2 Å². The summed E-state index contributed by atoms with van der Waals surface area (Å²) in [7, 11) is 1.40. The molecule has 0 bridgehead atoms. The van der Waals surface area contributed by atoms with Crippen molar-refractivity contribution in [3.8, 4) is 5.75 Å². The second-order valence-electron chi connectivity index (χ2n) is 4.67. The fourth-order valence-electron chi connectivity index (χ4n) is 1.97. The zero-order chi connectivity index (χ0) is 18.4. The lowest BCUT2D eigenvalue weighted by Gasteiger charge is -2.29. The average Bonchev–Trinajstić information content (AvgIpc) is 2.54. The van der Waals surface area contributed by atoms with Crippen LogP contribution in [0.1, 0.15) is 12.8 Å². The van der Waals surface area contributed by atoms with Crippen molar-refractivity contribution >= 4 is 17.9 Å². The van der Waals surface area contributed by atoms with Gasteiger partial charge in [-0.05, 0) is 18.6 Å². The monoisotopic (exact) mass is 348 g/mol. The van der Waals surface area contributed by atoms with E-state index in [4.69, 9.17) is 4.74 Å². The quantitative estimate of drug-likeness (QED) is 0.446. The first-order valence-corrected chi connectivity index (χ1v) is 6.68. The number of ether oxygens (including phenoxy) is 3. The van der Waals surface area contributed by atoms with Crippen molar-refractivity contribution in [1.82, 2.24) is 0 Å². The number of benzene rings is 1. The van der Waals surface area contributed by atoms with Gasteiger partial charge in [-0.15, -0.1) is 0 Å².